The van der Waals surface area contributed by atoms with Gasteiger partial charge in [0.1, 0.15) is 5.52 Å². The number of rotatable bonds is 2. The van der Waals surface area contributed by atoms with Gasteiger partial charge in [0.05, 0.1) is 5.02 Å². The zero-order chi connectivity index (χ0) is 12.5. The molecule has 0 saturated heterocycles. The number of hydrogen-bond acceptors (Lipinski definition) is 3. The Morgan fingerprint density at radius 2 is 2.11 bits per heavy atom. The number of hydrogen-bond donors (Lipinski definition) is 1. The van der Waals surface area contributed by atoms with Gasteiger partial charge in [-0.25, -0.2) is 9.97 Å². The van der Waals surface area contributed by atoms with E-state index in [9.17, 15) is 0 Å². The Hall–Kier alpha value is -1.29. The first-order valence-electron chi connectivity index (χ1n) is 6.51. The van der Waals surface area contributed by atoms with E-state index in [-0.39, 0.29) is 0 Å². The molecule has 0 atom stereocenters. The summed E-state index contributed by atoms with van der Waals surface area (Å²) in [5.41, 5.74) is 7.63. The lowest BCUT2D eigenvalue weighted by atomic mass is 9.89. The summed E-state index contributed by atoms with van der Waals surface area (Å²) in [6.07, 6.45) is 8.25. The molecular formula is C13H17ClN4. The van der Waals surface area contributed by atoms with E-state index in [4.69, 9.17) is 17.3 Å². The number of imidazole rings is 1. The summed E-state index contributed by atoms with van der Waals surface area (Å²) in [6.45, 7) is 0.928. The van der Waals surface area contributed by atoms with Crippen LogP contribution in [0.25, 0.3) is 11.2 Å². The summed E-state index contributed by atoms with van der Waals surface area (Å²) >= 11 is 5.92. The van der Waals surface area contributed by atoms with Crippen molar-refractivity contribution in [3.63, 3.8) is 0 Å². The third-order valence-electron chi connectivity index (χ3n) is 3.75. The molecule has 0 spiro atoms. The van der Waals surface area contributed by atoms with Gasteiger partial charge >= 0.3 is 0 Å². The second-order valence-electron chi connectivity index (χ2n) is 5.08. The fourth-order valence-electron chi connectivity index (χ4n) is 2.81. The van der Waals surface area contributed by atoms with E-state index in [2.05, 4.69) is 9.97 Å². The minimum Gasteiger partial charge on any atom is -0.369 e. The molecule has 0 radical (unpaired) electrons. The van der Waals surface area contributed by atoms with Gasteiger partial charge in [-0.1, -0.05) is 30.9 Å². The minimum atomic E-state index is 0.547. The van der Waals surface area contributed by atoms with E-state index in [1.165, 1.54) is 32.1 Å². The van der Waals surface area contributed by atoms with E-state index in [1.54, 1.807) is 6.20 Å². The Morgan fingerprint density at radius 3 is 2.89 bits per heavy atom. The van der Waals surface area contributed by atoms with Crippen molar-refractivity contribution in [2.45, 2.75) is 38.6 Å². The van der Waals surface area contributed by atoms with Crippen molar-refractivity contribution in [2.24, 2.45) is 5.92 Å². The van der Waals surface area contributed by atoms with Crippen molar-refractivity contribution in [1.29, 1.82) is 0 Å². The number of nitrogens with two attached hydrogens (primary N) is 1. The van der Waals surface area contributed by atoms with Crippen LogP contribution < -0.4 is 5.73 Å². The second-order valence-corrected chi connectivity index (χ2v) is 5.52. The molecule has 3 rings (SSSR count). The number of pyridine rings is 1. The highest BCUT2D eigenvalue weighted by Gasteiger charge is 2.17. The average molecular weight is 265 g/mol. The lowest BCUT2D eigenvalue weighted by molar-refractivity contribution is 0.323. The van der Waals surface area contributed by atoms with Gasteiger partial charge in [0.15, 0.2) is 5.65 Å². The molecule has 0 bridgehead atoms. The fourth-order valence-corrected chi connectivity index (χ4v) is 2.96. The Bertz CT molecular complexity index is 557. The number of nitrogen functional groups attached to an aromatic ring is 1. The van der Waals surface area contributed by atoms with E-state index < -0.39 is 0 Å². The van der Waals surface area contributed by atoms with Gasteiger partial charge in [-0.2, -0.15) is 0 Å². The van der Waals surface area contributed by atoms with Crippen LogP contribution in [-0.2, 0) is 6.54 Å². The maximum atomic E-state index is 5.99. The maximum absolute atomic E-state index is 5.99. The molecule has 0 amide bonds. The van der Waals surface area contributed by atoms with Crippen molar-refractivity contribution in [1.82, 2.24) is 14.5 Å². The molecule has 2 N–H and O–H groups in total. The number of nitrogens with zero attached hydrogens (tertiary/aromatic N) is 3. The first kappa shape index (κ1) is 11.8. The molecule has 2 aromatic rings. The summed E-state index contributed by atoms with van der Waals surface area (Å²) < 4.78 is 2.03. The molecule has 5 heteroatoms. The van der Waals surface area contributed by atoms with Gasteiger partial charge in [0, 0.05) is 12.7 Å². The van der Waals surface area contributed by atoms with Crippen LogP contribution in [0.15, 0.2) is 12.3 Å². The predicted molar refractivity (Wildman–Crippen MR) is 73.5 cm³/mol. The van der Waals surface area contributed by atoms with Crippen LogP contribution in [0.1, 0.15) is 32.1 Å². The van der Waals surface area contributed by atoms with Crippen LogP contribution in [0, 0.1) is 5.92 Å². The van der Waals surface area contributed by atoms with Gasteiger partial charge in [-0.05, 0) is 24.8 Å². The van der Waals surface area contributed by atoms with E-state index >= 15 is 0 Å². The Kier molecular flexibility index (Phi) is 3.12. The molecular weight excluding hydrogens is 248 g/mol. The average Bonchev–Trinajstić information content (AvgIpc) is 2.66. The quantitative estimate of drug-likeness (QED) is 0.906. The minimum absolute atomic E-state index is 0.547. The van der Waals surface area contributed by atoms with E-state index in [1.807, 2.05) is 10.6 Å². The van der Waals surface area contributed by atoms with Crippen molar-refractivity contribution in [2.75, 3.05) is 5.73 Å². The molecule has 96 valence electrons. The van der Waals surface area contributed by atoms with Crippen molar-refractivity contribution < 1.29 is 0 Å². The standard InChI is InChI=1S/C13H17ClN4/c14-10-6-11-12(16-7-10)18(13(15)17-11)8-9-4-2-1-3-5-9/h6-7,9H,1-5,8H2,(H2,15,17). The molecule has 2 aromatic heterocycles. The molecule has 1 aliphatic carbocycles. The van der Waals surface area contributed by atoms with Crippen LogP contribution in [0.3, 0.4) is 0 Å². The van der Waals surface area contributed by atoms with Gasteiger partial charge in [0.25, 0.3) is 0 Å². The molecule has 0 unspecified atom stereocenters. The van der Waals surface area contributed by atoms with Crippen LogP contribution in [0.4, 0.5) is 5.95 Å². The summed E-state index contributed by atoms with van der Waals surface area (Å²) in [5.74, 6) is 1.25. The third kappa shape index (κ3) is 2.17. The normalized spacial score (nSPS) is 17.4. The lowest BCUT2D eigenvalue weighted by Crippen LogP contribution is -2.15. The molecule has 1 aliphatic rings. The highest BCUT2D eigenvalue weighted by Crippen LogP contribution is 2.27. The first-order chi connectivity index (χ1) is 8.74. The topological polar surface area (TPSA) is 56.7 Å². The number of aromatic nitrogens is 3. The van der Waals surface area contributed by atoms with Crippen LogP contribution >= 0.6 is 11.6 Å². The monoisotopic (exact) mass is 264 g/mol. The highest BCUT2D eigenvalue weighted by atomic mass is 35.5. The molecule has 1 saturated carbocycles. The van der Waals surface area contributed by atoms with Gasteiger partial charge in [-0.3, -0.25) is 4.57 Å². The largest absolute Gasteiger partial charge is 0.369 e. The van der Waals surface area contributed by atoms with Crippen LogP contribution in [0.2, 0.25) is 5.02 Å². The Balaban J connectivity index is 1.92. The second kappa shape index (κ2) is 4.76. The molecule has 4 nitrogen and oxygen atoms in total. The van der Waals surface area contributed by atoms with Gasteiger partial charge in [0.2, 0.25) is 5.95 Å². The number of halogens is 1. The molecule has 0 aliphatic heterocycles. The number of fused-ring (bicyclic) bond motifs is 1. The molecule has 0 aromatic carbocycles. The summed E-state index contributed by atoms with van der Waals surface area (Å²) in [4.78, 5) is 8.69. The van der Waals surface area contributed by atoms with Gasteiger partial charge in [-0.15, -0.1) is 0 Å². The summed E-state index contributed by atoms with van der Waals surface area (Å²) in [7, 11) is 0. The van der Waals surface area contributed by atoms with Crippen molar-refractivity contribution in [3.8, 4) is 0 Å². The smallest absolute Gasteiger partial charge is 0.202 e. The maximum Gasteiger partial charge on any atom is 0.202 e. The van der Waals surface area contributed by atoms with Crippen LogP contribution in [0.5, 0.6) is 0 Å². The summed E-state index contributed by atoms with van der Waals surface area (Å²) in [5, 5.41) is 0.602. The van der Waals surface area contributed by atoms with Gasteiger partial charge < -0.3 is 5.73 Å². The van der Waals surface area contributed by atoms with Crippen LogP contribution in [-0.4, -0.2) is 14.5 Å². The Morgan fingerprint density at radius 1 is 1.33 bits per heavy atom. The third-order valence-corrected chi connectivity index (χ3v) is 3.95. The number of anilines is 1. The van der Waals surface area contributed by atoms with Crippen molar-refractivity contribution >= 4 is 28.7 Å². The molecule has 18 heavy (non-hydrogen) atoms. The zero-order valence-corrected chi connectivity index (χ0v) is 11.0. The lowest BCUT2D eigenvalue weighted by Gasteiger charge is -2.22. The van der Waals surface area contributed by atoms with E-state index in [0.29, 0.717) is 16.9 Å². The van der Waals surface area contributed by atoms with E-state index in [0.717, 1.165) is 17.7 Å². The Labute approximate surface area is 111 Å². The SMILES string of the molecule is Nc1nc2cc(Cl)cnc2n1CC1CCCCC1. The highest BCUT2D eigenvalue weighted by molar-refractivity contribution is 6.31. The summed E-state index contributed by atoms with van der Waals surface area (Å²) in [6, 6.07) is 1.82. The fraction of sp³-hybridized carbons (Fsp3) is 0.538. The predicted octanol–water partition coefficient (Wildman–Crippen LogP) is 3.25. The van der Waals surface area contributed by atoms with Crippen molar-refractivity contribution in [3.05, 3.63) is 17.3 Å². The zero-order valence-electron chi connectivity index (χ0n) is 10.3. The molecule has 1 fully saturated rings. The first-order valence-corrected chi connectivity index (χ1v) is 6.89. The molecule has 2 heterocycles.